The van der Waals surface area contributed by atoms with E-state index in [-0.39, 0.29) is 41.1 Å². The average molecular weight is 494 g/mol. The highest BCUT2D eigenvalue weighted by atomic mass is 32.2. The molecule has 33 heavy (non-hydrogen) atoms. The summed E-state index contributed by atoms with van der Waals surface area (Å²) in [7, 11) is -2.18. The summed E-state index contributed by atoms with van der Waals surface area (Å²) in [4.78, 5) is 44.0. The Balaban J connectivity index is 1.73. The molecule has 2 aromatic heterocycles. The van der Waals surface area contributed by atoms with E-state index in [1.165, 1.54) is 18.6 Å². The molecule has 0 bridgehead atoms. The molecular weight excluding hydrogens is 470 g/mol. The number of carbonyl (C=O) groups is 3. The van der Waals surface area contributed by atoms with Crippen LogP contribution >= 0.6 is 11.3 Å². The van der Waals surface area contributed by atoms with Gasteiger partial charge >= 0.3 is 0 Å². The fourth-order valence-electron chi connectivity index (χ4n) is 3.61. The van der Waals surface area contributed by atoms with Crippen LogP contribution in [0.4, 0.5) is 5.00 Å². The maximum absolute atomic E-state index is 13.4. The van der Waals surface area contributed by atoms with Crippen LogP contribution < -0.4 is 14.8 Å². The molecule has 3 amide bonds. The number of pyridine rings is 1. The van der Waals surface area contributed by atoms with Gasteiger partial charge in [-0.3, -0.25) is 19.3 Å². The first kappa shape index (κ1) is 23.2. The number of aromatic nitrogens is 1. The normalized spacial score (nSPS) is 16.5. The van der Waals surface area contributed by atoms with Gasteiger partial charge in [0.15, 0.2) is 5.75 Å². The summed E-state index contributed by atoms with van der Waals surface area (Å²) < 4.78 is 35.2. The first-order valence-corrected chi connectivity index (χ1v) is 13.2. The van der Waals surface area contributed by atoms with Crippen LogP contribution in [0.1, 0.15) is 52.2 Å². The van der Waals surface area contributed by atoms with E-state index in [0.717, 1.165) is 35.3 Å². The van der Waals surface area contributed by atoms with Gasteiger partial charge in [-0.05, 0) is 31.9 Å². The van der Waals surface area contributed by atoms with Crippen LogP contribution in [0, 0.1) is 5.92 Å². The lowest BCUT2D eigenvalue weighted by Crippen LogP contribution is -2.38. The first-order chi connectivity index (χ1) is 15.6. The number of imide groups is 1. The fraction of sp³-hybridized carbons (Fsp3) is 0.429. The third kappa shape index (κ3) is 4.58. The third-order valence-corrected chi connectivity index (χ3v) is 7.14. The Morgan fingerprint density at radius 1 is 1.30 bits per heavy atom. The first-order valence-electron chi connectivity index (χ1n) is 10.3. The number of ether oxygens (including phenoxy) is 2. The van der Waals surface area contributed by atoms with Gasteiger partial charge in [0.05, 0.1) is 42.3 Å². The number of hydrogen-bond donors (Lipinski definition) is 1. The van der Waals surface area contributed by atoms with Gasteiger partial charge in [-0.1, -0.05) is 0 Å². The van der Waals surface area contributed by atoms with E-state index in [2.05, 4.69) is 10.3 Å². The van der Waals surface area contributed by atoms with E-state index in [1.807, 2.05) is 0 Å². The molecule has 2 aromatic rings. The Hall–Kier alpha value is -2.99. The maximum Gasteiger partial charge on any atom is 0.265 e. The fourth-order valence-corrected chi connectivity index (χ4v) is 5.43. The lowest BCUT2D eigenvalue weighted by molar-refractivity contribution is -0.117. The highest BCUT2D eigenvalue weighted by molar-refractivity contribution is 7.90. The smallest absolute Gasteiger partial charge is 0.265 e. The van der Waals surface area contributed by atoms with E-state index < -0.39 is 33.4 Å². The Morgan fingerprint density at radius 3 is 2.64 bits per heavy atom. The Kier molecular flexibility index (Phi) is 6.14. The summed E-state index contributed by atoms with van der Waals surface area (Å²) in [6, 6.07) is 1.86. The highest BCUT2D eigenvalue weighted by Crippen LogP contribution is 2.41. The largest absolute Gasteiger partial charge is 0.491 e. The summed E-state index contributed by atoms with van der Waals surface area (Å²) in [6.07, 6.45) is 2.61. The second-order valence-electron chi connectivity index (χ2n) is 7.88. The molecule has 176 valence electrons. The molecule has 2 aliphatic rings. The van der Waals surface area contributed by atoms with Gasteiger partial charge < -0.3 is 14.8 Å². The van der Waals surface area contributed by atoms with Gasteiger partial charge in [-0.15, -0.1) is 11.3 Å². The van der Waals surface area contributed by atoms with Gasteiger partial charge in [0.25, 0.3) is 17.7 Å². The van der Waals surface area contributed by atoms with Crippen LogP contribution in [0.15, 0.2) is 17.5 Å². The molecule has 1 N–H and O–H groups in total. The molecule has 1 saturated carbocycles. The number of fused-ring (bicyclic) bond motifs is 1. The molecule has 1 unspecified atom stereocenters. The zero-order chi connectivity index (χ0) is 23.9. The van der Waals surface area contributed by atoms with Gasteiger partial charge in [-0.2, -0.15) is 0 Å². The quantitative estimate of drug-likeness (QED) is 0.526. The second-order valence-corrected chi connectivity index (χ2v) is 10.9. The molecule has 1 fully saturated rings. The average Bonchev–Trinajstić information content (AvgIpc) is 3.48. The van der Waals surface area contributed by atoms with E-state index in [4.69, 9.17) is 9.47 Å². The van der Waals surface area contributed by atoms with Crippen molar-refractivity contribution in [1.82, 2.24) is 9.88 Å². The molecule has 12 heteroatoms. The molecular formula is C21H23N3O7S2. The lowest BCUT2D eigenvalue weighted by Gasteiger charge is -2.26. The highest BCUT2D eigenvalue weighted by Gasteiger charge is 2.45. The Bertz CT molecular complexity index is 1230. The van der Waals surface area contributed by atoms with Crippen LogP contribution in [-0.2, 0) is 14.6 Å². The number of nitrogens with one attached hydrogen (secondary N) is 1. The van der Waals surface area contributed by atoms with Crippen LogP contribution in [-0.4, -0.2) is 61.7 Å². The van der Waals surface area contributed by atoms with Crippen molar-refractivity contribution in [2.45, 2.75) is 25.8 Å². The summed E-state index contributed by atoms with van der Waals surface area (Å²) in [5.41, 5.74) is 0.382. The zero-order valence-corrected chi connectivity index (χ0v) is 19.9. The Labute approximate surface area is 194 Å². The monoisotopic (exact) mass is 493 g/mol. The van der Waals surface area contributed by atoms with E-state index >= 15 is 0 Å². The number of anilines is 1. The Morgan fingerprint density at radius 2 is 2.03 bits per heavy atom. The molecule has 3 heterocycles. The molecule has 0 spiro atoms. The number of hydrogen-bond acceptors (Lipinski definition) is 9. The minimum absolute atomic E-state index is 0.0791. The predicted octanol–water partition coefficient (Wildman–Crippen LogP) is 2.28. The molecule has 0 aromatic carbocycles. The predicted molar refractivity (Wildman–Crippen MR) is 121 cm³/mol. The van der Waals surface area contributed by atoms with Crippen molar-refractivity contribution in [3.63, 3.8) is 0 Å². The van der Waals surface area contributed by atoms with Crippen molar-refractivity contribution < 1.29 is 32.3 Å². The van der Waals surface area contributed by atoms with Gasteiger partial charge in [0, 0.05) is 17.6 Å². The van der Waals surface area contributed by atoms with Crippen LogP contribution in [0.3, 0.4) is 0 Å². The van der Waals surface area contributed by atoms with Crippen LogP contribution in [0.2, 0.25) is 0 Å². The number of methoxy groups -OCH3 is 1. The summed E-state index contributed by atoms with van der Waals surface area (Å²) in [5, 5.41) is 4.53. The molecule has 0 radical (unpaired) electrons. The molecule has 0 saturated heterocycles. The lowest BCUT2D eigenvalue weighted by atomic mass is 10.1. The van der Waals surface area contributed by atoms with Crippen molar-refractivity contribution in [1.29, 1.82) is 0 Å². The molecule has 1 aliphatic carbocycles. The number of thiophene rings is 1. The molecule has 1 atom stereocenters. The summed E-state index contributed by atoms with van der Waals surface area (Å²) in [6.45, 7) is 2.04. The van der Waals surface area contributed by atoms with Crippen LogP contribution in [0.5, 0.6) is 11.6 Å². The SMILES string of the molecule is CCOc1nc(C(CS(C)(=O)=O)N2C(=O)c3csc(NC(=O)C4CC4)c3C2=O)ccc1OC. The standard InChI is InChI=1S/C21H23N3O7S2/c1-4-31-18-15(30-2)8-7-13(22-18)14(10-33(3,28)29)24-20(26)12-9-32-19(16(12)21(24)27)23-17(25)11-5-6-11/h7-9,11,14H,4-6,10H2,1-3H3,(H,23,25). The van der Waals surface area contributed by atoms with Gasteiger partial charge in [0.1, 0.15) is 14.8 Å². The molecule has 1 aliphatic heterocycles. The van der Waals surface area contributed by atoms with Crippen molar-refractivity contribution in [2.24, 2.45) is 5.92 Å². The second kappa shape index (κ2) is 8.75. The van der Waals surface area contributed by atoms with E-state index in [1.54, 1.807) is 13.0 Å². The number of rotatable bonds is 9. The van der Waals surface area contributed by atoms with Crippen molar-refractivity contribution >= 4 is 43.9 Å². The molecule has 4 rings (SSSR count). The number of sulfone groups is 1. The topological polar surface area (TPSA) is 132 Å². The third-order valence-electron chi connectivity index (χ3n) is 5.32. The summed E-state index contributed by atoms with van der Waals surface area (Å²) >= 11 is 1.10. The number of amides is 3. The van der Waals surface area contributed by atoms with Gasteiger partial charge in [-0.25, -0.2) is 13.4 Å². The van der Waals surface area contributed by atoms with Crippen molar-refractivity contribution in [3.8, 4) is 11.6 Å². The zero-order valence-electron chi connectivity index (χ0n) is 18.3. The van der Waals surface area contributed by atoms with Crippen molar-refractivity contribution in [2.75, 3.05) is 31.0 Å². The minimum atomic E-state index is -3.62. The van der Waals surface area contributed by atoms with E-state index in [9.17, 15) is 22.8 Å². The van der Waals surface area contributed by atoms with Crippen LogP contribution in [0.25, 0.3) is 0 Å². The number of carbonyl (C=O) groups excluding carboxylic acids is 3. The van der Waals surface area contributed by atoms with E-state index in [0.29, 0.717) is 10.8 Å². The molecule has 10 nitrogen and oxygen atoms in total. The minimum Gasteiger partial charge on any atom is -0.491 e. The number of nitrogens with zero attached hydrogens (tertiary/aromatic N) is 2. The van der Waals surface area contributed by atoms with Gasteiger partial charge in [0.2, 0.25) is 5.91 Å². The van der Waals surface area contributed by atoms with Crippen molar-refractivity contribution in [3.05, 3.63) is 34.3 Å². The summed E-state index contributed by atoms with van der Waals surface area (Å²) in [5.74, 6) is -1.64. The maximum atomic E-state index is 13.4.